The van der Waals surface area contributed by atoms with Gasteiger partial charge in [0.25, 0.3) is 5.91 Å². The van der Waals surface area contributed by atoms with E-state index in [0.29, 0.717) is 28.9 Å². The normalized spacial score (nSPS) is 18.2. The van der Waals surface area contributed by atoms with Crippen molar-refractivity contribution >= 4 is 39.2 Å². The lowest BCUT2D eigenvalue weighted by atomic mass is 9.91. The lowest BCUT2D eigenvalue weighted by molar-refractivity contribution is -0.133. The van der Waals surface area contributed by atoms with Crippen LogP contribution in [-0.4, -0.2) is 43.5 Å². The van der Waals surface area contributed by atoms with E-state index in [1.807, 2.05) is 19.1 Å². The highest BCUT2D eigenvalue weighted by atomic mass is 32.2. The monoisotopic (exact) mass is 472 g/mol. The fraction of sp³-hybridized carbons (Fsp3) is 0.348. The van der Waals surface area contributed by atoms with Gasteiger partial charge in [-0.25, -0.2) is 13.2 Å². The van der Waals surface area contributed by atoms with Gasteiger partial charge in [0, 0.05) is 5.69 Å². The molecule has 2 aromatic rings. The molecule has 0 radical (unpaired) electrons. The van der Waals surface area contributed by atoms with Gasteiger partial charge >= 0.3 is 6.03 Å². The van der Waals surface area contributed by atoms with Gasteiger partial charge in [0.05, 0.1) is 11.4 Å². The fourth-order valence-electron chi connectivity index (χ4n) is 3.63. The maximum atomic E-state index is 13.0. The maximum Gasteiger partial charge on any atom is 0.325 e. The minimum atomic E-state index is -3.50. The molecule has 3 rings (SSSR count). The number of amides is 4. The number of hydrogen-bond acceptors (Lipinski definition) is 5. The number of aryl methyl sites for hydroxylation is 1. The van der Waals surface area contributed by atoms with Gasteiger partial charge in [-0.15, -0.1) is 0 Å². The van der Waals surface area contributed by atoms with Crippen LogP contribution in [0.2, 0.25) is 0 Å². The second-order valence-corrected chi connectivity index (χ2v) is 10.1. The van der Waals surface area contributed by atoms with E-state index in [9.17, 15) is 22.8 Å². The molecule has 0 bridgehead atoms. The summed E-state index contributed by atoms with van der Waals surface area (Å²) in [7, 11) is -3.50. The van der Waals surface area contributed by atoms with E-state index in [-0.39, 0.29) is 5.75 Å². The van der Waals surface area contributed by atoms with Crippen LogP contribution in [0.5, 0.6) is 0 Å². The number of benzene rings is 2. The molecule has 33 heavy (non-hydrogen) atoms. The summed E-state index contributed by atoms with van der Waals surface area (Å²) in [5.74, 6) is -1.12. The van der Waals surface area contributed by atoms with E-state index in [1.54, 1.807) is 51.1 Å². The molecule has 0 spiro atoms. The van der Waals surface area contributed by atoms with E-state index in [4.69, 9.17) is 0 Å². The van der Waals surface area contributed by atoms with Crippen molar-refractivity contribution in [3.8, 4) is 0 Å². The number of sulfonamides is 1. The molecular formula is C23H28N4O5S. The number of nitrogens with one attached hydrogen (secondary N) is 3. The van der Waals surface area contributed by atoms with Gasteiger partial charge in [-0.05, 0) is 50.5 Å². The zero-order valence-corrected chi connectivity index (χ0v) is 19.9. The quantitative estimate of drug-likeness (QED) is 0.510. The van der Waals surface area contributed by atoms with Gasteiger partial charge in [0.2, 0.25) is 15.9 Å². The Morgan fingerprint density at radius 3 is 2.33 bits per heavy atom. The molecule has 1 fully saturated rings. The second-order valence-electron chi connectivity index (χ2n) is 8.26. The molecular weight excluding hydrogens is 444 g/mol. The summed E-state index contributed by atoms with van der Waals surface area (Å²) in [6, 6.07) is 11.4. The van der Waals surface area contributed by atoms with E-state index in [2.05, 4.69) is 15.4 Å². The van der Waals surface area contributed by atoms with Crippen LogP contribution in [0.1, 0.15) is 37.0 Å². The van der Waals surface area contributed by atoms with Crippen LogP contribution >= 0.6 is 0 Å². The van der Waals surface area contributed by atoms with Crippen molar-refractivity contribution in [3.05, 3.63) is 59.2 Å². The second kappa shape index (κ2) is 9.22. The van der Waals surface area contributed by atoms with Crippen LogP contribution in [0, 0.1) is 13.8 Å². The summed E-state index contributed by atoms with van der Waals surface area (Å²) in [6.45, 7) is 6.48. The SMILES string of the molecule is CCCS(=O)(=O)Nc1cccc(NC(=O)CN2C(=O)NC(C)(c3ccc(C)cc3)C2=O)c1C. The molecule has 1 atom stereocenters. The van der Waals surface area contributed by atoms with E-state index < -0.39 is 40.0 Å². The topological polar surface area (TPSA) is 125 Å². The number of anilines is 2. The number of carbonyl (C=O) groups excluding carboxylic acids is 3. The Morgan fingerprint density at radius 2 is 1.70 bits per heavy atom. The molecule has 0 aromatic heterocycles. The predicted molar refractivity (Wildman–Crippen MR) is 126 cm³/mol. The molecule has 9 nitrogen and oxygen atoms in total. The van der Waals surface area contributed by atoms with Gasteiger partial charge in [-0.3, -0.25) is 19.2 Å². The molecule has 2 aromatic carbocycles. The predicted octanol–water partition coefficient (Wildman–Crippen LogP) is 2.86. The lowest BCUT2D eigenvalue weighted by Crippen LogP contribution is -2.42. The third-order valence-corrected chi connectivity index (χ3v) is 7.03. The van der Waals surface area contributed by atoms with Gasteiger partial charge < -0.3 is 10.6 Å². The molecule has 1 heterocycles. The van der Waals surface area contributed by atoms with Gasteiger partial charge in [-0.2, -0.15) is 0 Å². The van der Waals surface area contributed by atoms with Crippen molar-refractivity contribution in [1.82, 2.24) is 10.2 Å². The van der Waals surface area contributed by atoms with Crippen molar-refractivity contribution in [2.75, 3.05) is 22.3 Å². The number of urea groups is 1. The average molecular weight is 473 g/mol. The Bertz CT molecular complexity index is 1190. The average Bonchev–Trinajstić information content (AvgIpc) is 2.95. The molecule has 1 aliphatic rings. The molecule has 10 heteroatoms. The number of hydrogen-bond donors (Lipinski definition) is 3. The summed E-state index contributed by atoms with van der Waals surface area (Å²) in [4.78, 5) is 39.1. The van der Waals surface area contributed by atoms with Gasteiger partial charge in [0.1, 0.15) is 12.1 Å². The van der Waals surface area contributed by atoms with Gasteiger partial charge in [0.15, 0.2) is 0 Å². The molecule has 176 valence electrons. The van der Waals surface area contributed by atoms with Crippen LogP contribution < -0.4 is 15.4 Å². The van der Waals surface area contributed by atoms with Crippen molar-refractivity contribution in [1.29, 1.82) is 0 Å². The molecule has 4 amide bonds. The Balaban J connectivity index is 1.73. The Labute approximate surface area is 193 Å². The highest BCUT2D eigenvalue weighted by molar-refractivity contribution is 7.92. The van der Waals surface area contributed by atoms with Crippen LogP contribution in [0.15, 0.2) is 42.5 Å². The Kier molecular flexibility index (Phi) is 6.78. The Morgan fingerprint density at radius 1 is 1.06 bits per heavy atom. The smallest absolute Gasteiger partial charge is 0.324 e. The summed E-state index contributed by atoms with van der Waals surface area (Å²) >= 11 is 0. The molecule has 3 N–H and O–H groups in total. The maximum absolute atomic E-state index is 13.0. The first kappa shape index (κ1) is 24.2. The number of carbonyl (C=O) groups is 3. The zero-order valence-electron chi connectivity index (χ0n) is 19.1. The van der Waals surface area contributed by atoms with Crippen molar-refractivity contribution in [2.24, 2.45) is 0 Å². The first-order valence-electron chi connectivity index (χ1n) is 10.6. The molecule has 0 saturated carbocycles. The zero-order chi connectivity index (χ0) is 24.4. The summed E-state index contributed by atoms with van der Waals surface area (Å²) in [6.07, 6.45) is 0.470. The van der Waals surface area contributed by atoms with Crippen molar-refractivity contribution in [2.45, 2.75) is 39.7 Å². The summed E-state index contributed by atoms with van der Waals surface area (Å²) in [5, 5.41) is 5.34. The lowest BCUT2D eigenvalue weighted by Gasteiger charge is -2.22. The Hall–Kier alpha value is -3.40. The van der Waals surface area contributed by atoms with Crippen LogP contribution in [0.25, 0.3) is 0 Å². The molecule has 0 aliphatic carbocycles. The largest absolute Gasteiger partial charge is 0.325 e. The highest BCUT2D eigenvalue weighted by Gasteiger charge is 2.49. The third kappa shape index (κ3) is 5.16. The summed E-state index contributed by atoms with van der Waals surface area (Å²) < 4.78 is 26.7. The van der Waals surface area contributed by atoms with Crippen LogP contribution in [0.4, 0.5) is 16.2 Å². The first-order valence-corrected chi connectivity index (χ1v) is 12.2. The fourth-order valence-corrected chi connectivity index (χ4v) is 4.82. The molecule has 1 unspecified atom stereocenters. The van der Waals surface area contributed by atoms with E-state index in [0.717, 1.165) is 10.5 Å². The first-order chi connectivity index (χ1) is 15.5. The standard InChI is InChI=1S/C23H28N4O5S/c1-5-13-33(31,32)26-19-8-6-7-18(16(19)3)24-20(28)14-27-21(29)23(4,25-22(27)30)17-11-9-15(2)10-12-17/h6-12,26H,5,13-14H2,1-4H3,(H,24,28)(H,25,30). The molecule has 1 aliphatic heterocycles. The number of nitrogens with zero attached hydrogens (tertiary/aromatic N) is 1. The number of imide groups is 1. The van der Waals surface area contributed by atoms with E-state index in [1.165, 1.54) is 0 Å². The third-order valence-electron chi connectivity index (χ3n) is 5.55. The molecule has 1 saturated heterocycles. The van der Waals surface area contributed by atoms with Gasteiger partial charge in [-0.1, -0.05) is 42.8 Å². The minimum Gasteiger partial charge on any atom is -0.324 e. The minimum absolute atomic E-state index is 0.0189. The van der Waals surface area contributed by atoms with Crippen molar-refractivity contribution < 1.29 is 22.8 Å². The van der Waals surface area contributed by atoms with Crippen LogP contribution in [0.3, 0.4) is 0 Å². The highest BCUT2D eigenvalue weighted by Crippen LogP contribution is 2.29. The van der Waals surface area contributed by atoms with E-state index >= 15 is 0 Å². The van der Waals surface area contributed by atoms with Crippen molar-refractivity contribution in [3.63, 3.8) is 0 Å². The number of rotatable bonds is 8. The van der Waals surface area contributed by atoms with Crippen LogP contribution in [-0.2, 0) is 25.2 Å². The summed E-state index contributed by atoms with van der Waals surface area (Å²) in [5.41, 5.74) is 1.63.